The number of hydrogen-bond donors (Lipinski definition) is 0. The highest BCUT2D eigenvalue weighted by Crippen LogP contribution is 2.65. The molecule has 0 radical (unpaired) electrons. The van der Waals surface area contributed by atoms with E-state index >= 15 is 0 Å². The summed E-state index contributed by atoms with van der Waals surface area (Å²) in [4.78, 5) is 25.2. The van der Waals surface area contributed by atoms with Gasteiger partial charge in [0.25, 0.3) is 0 Å². The number of fused-ring (bicyclic) bond motifs is 5. The van der Waals surface area contributed by atoms with Gasteiger partial charge < -0.3 is 4.74 Å². The molecule has 0 aromatic carbocycles. The van der Waals surface area contributed by atoms with Gasteiger partial charge in [-0.25, -0.2) is 0 Å². The van der Waals surface area contributed by atoms with E-state index in [0.717, 1.165) is 50.4 Å². The Balaban J connectivity index is 1.25. The Labute approximate surface area is 195 Å². The number of carbonyl (C=O) groups excluding carboxylic acids is 2. The number of esters is 1. The Morgan fingerprint density at radius 2 is 1.88 bits per heavy atom. The van der Waals surface area contributed by atoms with Crippen molar-refractivity contribution in [2.45, 2.75) is 117 Å². The molecule has 32 heavy (non-hydrogen) atoms. The van der Waals surface area contributed by atoms with E-state index in [9.17, 15) is 9.59 Å². The van der Waals surface area contributed by atoms with Crippen LogP contribution in [-0.4, -0.2) is 17.9 Å². The van der Waals surface area contributed by atoms with Gasteiger partial charge in [-0.1, -0.05) is 45.6 Å². The van der Waals surface area contributed by atoms with Gasteiger partial charge in [0.05, 0.1) is 5.92 Å². The van der Waals surface area contributed by atoms with Crippen LogP contribution in [0.5, 0.6) is 0 Å². The van der Waals surface area contributed by atoms with Crippen molar-refractivity contribution >= 4 is 11.8 Å². The Morgan fingerprint density at radius 1 is 1.03 bits per heavy atom. The summed E-state index contributed by atoms with van der Waals surface area (Å²) < 4.78 is 6.35. The number of unbranched alkanes of at least 4 members (excludes halogenated alkanes) is 1. The second kappa shape index (κ2) is 8.58. The number of ketones is 1. The molecule has 8 atom stereocenters. The third kappa shape index (κ3) is 3.70. The van der Waals surface area contributed by atoms with Gasteiger partial charge in [-0.15, -0.1) is 0 Å². The summed E-state index contributed by atoms with van der Waals surface area (Å²) in [6.45, 7) is 7.14. The minimum atomic E-state index is 0.115. The molecule has 2 unspecified atom stereocenters. The molecule has 0 heterocycles. The fraction of sp³-hybridized carbons (Fsp3) is 0.862. The molecular weight excluding hydrogens is 396 g/mol. The van der Waals surface area contributed by atoms with Crippen molar-refractivity contribution in [1.29, 1.82) is 0 Å². The number of ether oxygens (including phenoxy) is 1. The molecule has 0 aliphatic heterocycles. The standard InChI is InChI=1S/C29H44O3/c1-4-5-6-19-7-8-20(17-19)27(31)32-26-12-11-24-23-10-9-21-18-22(30)13-15-28(21,2)25(23)14-16-29(24,26)3/h18-20,23-26H,4-17H2,1-3H3/t19?,20?,23-,24-,25-,26-,28-,29-/m0/s1. The number of allylic oxidation sites excluding steroid dienone is 1. The van der Waals surface area contributed by atoms with E-state index in [-0.39, 0.29) is 28.8 Å². The average Bonchev–Trinajstić information content (AvgIpc) is 3.37. The lowest BCUT2D eigenvalue weighted by Crippen LogP contribution is -2.51. The Hall–Kier alpha value is -1.12. The summed E-state index contributed by atoms with van der Waals surface area (Å²) in [6.07, 6.45) is 18.0. The summed E-state index contributed by atoms with van der Waals surface area (Å²) in [6, 6.07) is 0. The molecule has 0 N–H and O–H groups in total. The van der Waals surface area contributed by atoms with Crippen LogP contribution in [0.3, 0.4) is 0 Å². The fourth-order valence-corrected chi connectivity index (χ4v) is 8.99. The Bertz CT molecular complexity index is 783. The average molecular weight is 441 g/mol. The maximum atomic E-state index is 13.1. The molecule has 5 aliphatic carbocycles. The Kier molecular flexibility index (Phi) is 6.08. The van der Waals surface area contributed by atoms with Gasteiger partial charge in [-0.2, -0.15) is 0 Å². The summed E-state index contributed by atoms with van der Waals surface area (Å²) in [5, 5.41) is 0. The van der Waals surface area contributed by atoms with Crippen molar-refractivity contribution in [2.75, 3.05) is 0 Å². The first-order chi connectivity index (χ1) is 15.3. The van der Waals surface area contributed by atoms with Gasteiger partial charge in [0.15, 0.2) is 5.78 Å². The zero-order valence-electron chi connectivity index (χ0n) is 20.7. The molecule has 0 saturated heterocycles. The lowest BCUT2D eigenvalue weighted by Gasteiger charge is -2.57. The van der Waals surface area contributed by atoms with E-state index in [4.69, 9.17) is 4.74 Å². The highest BCUT2D eigenvalue weighted by molar-refractivity contribution is 5.91. The molecule has 3 nitrogen and oxygen atoms in total. The maximum absolute atomic E-state index is 13.1. The van der Waals surface area contributed by atoms with Crippen LogP contribution in [0.1, 0.15) is 111 Å². The molecule has 4 fully saturated rings. The lowest BCUT2D eigenvalue weighted by atomic mass is 9.47. The first-order valence-electron chi connectivity index (χ1n) is 13.8. The van der Waals surface area contributed by atoms with E-state index in [0.29, 0.717) is 17.6 Å². The predicted octanol–water partition coefficient (Wildman–Crippen LogP) is 7.04. The van der Waals surface area contributed by atoms with Crippen LogP contribution in [0.25, 0.3) is 0 Å². The molecular formula is C29H44O3. The van der Waals surface area contributed by atoms with E-state index in [1.165, 1.54) is 56.9 Å². The van der Waals surface area contributed by atoms with Crippen molar-refractivity contribution < 1.29 is 14.3 Å². The third-order valence-corrected chi connectivity index (χ3v) is 11.0. The first kappa shape index (κ1) is 22.7. The second-order valence-electron chi connectivity index (χ2n) is 12.5. The van der Waals surface area contributed by atoms with Gasteiger partial charge in [-0.3, -0.25) is 9.59 Å². The van der Waals surface area contributed by atoms with Crippen LogP contribution >= 0.6 is 0 Å². The van der Waals surface area contributed by atoms with Crippen molar-refractivity contribution in [3.8, 4) is 0 Å². The van der Waals surface area contributed by atoms with E-state index < -0.39 is 0 Å². The van der Waals surface area contributed by atoms with Crippen molar-refractivity contribution in [3.05, 3.63) is 11.6 Å². The molecule has 0 aromatic rings. The fourth-order valence-electron chi connectivity index (χ4n) is 8.99. The zero-order valence-corrected chi connectivity index (χ0v) is 20.7. The quantitative estimate of drug-likeness (QED) is 0.431. The zero-order chi connectivity index (χ0) is 22.5. The van der Waals surface area contributed by atoms with E-state index in [1.807, 2.05) is 6.08 Å². The minimum Gasteiger partial charge on any atom is -0.462 e. The number of rotatable bonds is 5. The smallest absolute Gasteiger partial charge is 0.309 e. The molecule has 3 heteroatoms. The summed E-state index contributed by atoms with van der Waals surface area (Å²) >= 11 is 0. The molecule has 178 valence electrons. The van der Waals surface area contributed by atoms with E-state index in [2.05, 4.69) is 20.8 Å². The van der Waals surface area contributed by atoms with Crippen LogP contribution in [0.4, 0.5) is 0 Å². The minimum absolute atomic E-state index is 0.115. The van der Waals surface area contributed by atoms with Crippen LogP contribution in [0.2, 0.25) is 0 Å². The molecule has 5 aliphatic rings. The van der Waals surface area contributed by atoms with Gasteiger partial charge in [0, 0.05) is 11.8 Å². The largest absolute Gasteiger partial charge is 0.462 e. The summed E-state index contributed by atoms with van der Waals surface area (Å²) in [7, 11) is 0. The second-order valence-corrected chi connectivity index (χ2v) is 12.5. The van der Waals surface area contributed by atoms with Crippen molar-refractivity contribution in [2.24, 2.45) is 40.4 Å². The number of carbonyl (C=O) groups is 2. The third-order valence-electron chi connectivity index (χ3n) is 11.0. The maximum Gasteiger partial charge on any atom is 0.309 e. The lowest BCUT2D eigenvalue weighted by molar-refractivity contribution is -0.164. The van der Waals surface area contributed by atoms with Crippen molar-refractivity contribution in [3.63, 3.8) is 0 Å². The monoisotopic (exact) mass is 440 g/mol. The molecule has 0 spiro atoms. The molecule has 0 aromatic heterocycles. The van der Waals surface area contributed by atoms with Gasteiger partial charge in [-0.05, 0) is 99.4 Å². The topological polar surface area (TPSA) is 43.4 Å². The highest BCUT2D eigenvalue weighted by Gasteiger charge is 2.60. The SMILES string of the molecule is CCCCC1CCC(C(=O)O[C@H]2CC[C@H]3[C@@H]4CCC5=CC(=O)CC[C@]5(C)[C@H]4CC[C@]23C)C1. The molecule has 0 bridgehead atoms. The highest BCUT2D eigenvalue weighted by atomic mass is 16.5. The normalized spacial score (nSPS) is 45.6. The van der Waals surface area contributed by atoms with Gasteiger partial charge in [0.1, 0.15) is 6.10 Å². The summed E-state index contributed by atoms with van der Waals surface area (Å²) in [5.41, 5.74) is 1.82. The van der Waals surface area contributed by atoms with Gasteiger partial charge >= 0.3 is 5.97 Å². The Morgan fingerprint density at radius 3 is 2.69 bits per heavy atom. The van der Waals surface area contributed by atoms with Gasteiger partial charge in [0.2, 0.25) is 0 Å². The first-order valence-corrected chi connectivity index (χ1v) is 13.8. The predicted molar refractivity (Wildman–Crippen MR) is 127 cm³/mol. The summed E-state index contributed by atoms with van der Waals surface area (Å²) in [5.74, 6) is 3.46. The van der Waals surface area contributed by atoms with Crippen LogP contribution in [0.15, 0.2) is 11.6 Å². The van der Waals surface area contributed by atoms with Crippen molar-refractivity contribution in [1.82, 2.24) is 0 Å². The molecule has 0 amide bonds. The number of hydrogen-bond acceptors (Lipinski definition) is 3. The molecule has 4 saturated carbocycles. The van der Waals surface area contributed by atoms with Crippen LogP contribution < -0.4 is 0 Å². The van der Waals surface area contributed by atoms with Crippen LogP contribution in [0, 0.1) is 40.4 Å². The van der Waals surface area contributed by atoms with E-state index in [1.54, 1.807) is 0 Å². The van der Waals surface area contributed by atoms with Crippen LogP contribution in [-0.2, 0) is 14.3 Å². The molecule has 5 rings (SSSR count).